The van der Waals surface area contributed by atoms with Crippen molar-refractivity contribution < 1.29 is 22.8 Å². The highest BCUT2D eigenvalue weighted by atomic mass is 32.2. The fraction of sp³-hybridized carbons (Fsp3) is 0.474. The normalized spacial score (nSPS) is 27.7. The topological polar surface area (TPSA) is 116 Å². The van der Waals surface area contributed by atoms with Gasteiger partial charge < -0.3 is 14.5 Å². The number of carbonyl (C=O) groups is 1. The molecule has 29 heavy (non-hydrogen) atoms. The highest BCUT2D eigenvalue weighted by molar-refractivity contribution is 7.87. The van der Waals surface area contributed by atoms with Gasteiger partial charge in [-0.15, -0.1) is 0 Å². The summed E-state index contributed by atoms with van der Waals surface area (Å²) < 4.78 is 34.9. The van der Waals surface area contributed by atoms with Crippen molar-refractivity contribution in [1.82, 2.24) is 14.2 Å². The van der Waals surface area contributed by atoms with Gasteiger partial charge in [-0.05, 0) is 18.4 Å². The first-order chi connectivity index (χ1) is 13.8. The average Bonchev–Trinajstić information content (AvgIpc) is 3.05. The van der Waals surface area contributed by atoms with E-state index in [0.717, 1.165) is 5.56 Å². The van der Waals surface area contributed by atoms with Gasteiger partial charge in [-0.3, -0.25) is 4.79 Å². The number of benzene rings is 1. The predicted octanol–water partition coefficient (Wildman–Crippen LogP) is 1.20. The van der Waals surface area contributed by atoms with Crippen LogP contribution in [0.15, 0.2) is 40.9 Å². The zero-order chi connectivity index (χ0) is 20.8. The van der Waals surface area contributed by atoms with Crippen molar-refractivity contribution >= 4 is 22.0 Å². The average molecular weight is 420 g/mol. The summed E-state index contributed by atoms with van der Waals surface area (Å²) in [7, 11) is -3.97. The van der Waals surface area contributed by atoms with E-state index < -0.39 is 27.6 Å². The van der Waals surface area contributed by atoms with Crippen LogP contribution in [0.5, 0.6) is 0 Å². The highest BCUT2D eigenvalue weighted by Crippen LogP contribution is 2.57. The number of nitrogens with one attached hydrogen (secondary N) is 1. The van der Waals surface area contributed by atoms with E-state index in [2.05, 4.69) is 9.88 Å². The minimum atomic E-state index is -3.97. The summed E-state index contributed by atoms with van der Waals surface area (Å²) in [5.41, 5.74) is -0.711. The Morgan fingerprint density at radius 3 is 2.45 bits per heavy atom. The number of nitrogens with zero attached hydrogens (tertiary/aromatic N) is 3. The van der Waals surface area contributed by atoms with E-state index in [4.69, 9.17) is 4.52 Å². The van der Waals surface area contributed by atoms with Gasteiger partial charge in [0.2, 0.25) is 0 Å². The lowest BCUT2D eigenvalue weighted by molar-refractivity contribution is -0.140. The fourth-order valence-corrected chi connectivity index (χ4v) is 5.84. The molecule has 156 valence electrons. The molecule has 1 aromatic carbocycles. The van der Waals surface area contributed by atoms with Crippen molar-refractivity contribution in [1.29, 1.82) is 0 Å². The van der Waals surface area contributed by atoms with Gasteiger partial charge in [0.05, 0.1) is 0 Å². The van der Waals surface area contributed by atoms with Gasteiger partial charge in [-0.25, -0.2) is 0 Å². The summed E-state index contributed by atoms with van der Waals surface area (Å²) in [6.45, 7) is 4.93. The Labute approximate surface area is 169 Å². The maximum Gasteiger partial charge on any atom is 0.325 e. The molecule has 1 aliphatic heterocycles. The molecule has 0 amide bonds. The maximum atomic E-state index is 13.0. The van der Waals surface area contributed by atoms with Crippen molar-refractivity contribution in [2.75, 3.05) is 31.1 Å². The number of hydrogen-bond acceptors (Lipinski definition) is 6. The summed E-state index contributed by atoms with van der Waals surface area (Å²) in [6, 6.07) is 11.0. The minimum absolute atomic E-state index is 0.237. The molecule has 9 nitrogen and oxygen atoms in total. The van der Waals surface area contributed by atoms with Crippen LogP contribution in [0.1, 0.15) is 24.2 Å². The summed E-state index contributed by atoms with van der Waals surface area (Å²) >= 11 is 0. The number of aromatic nitrogens is 1. The molecular weight excluding hydrogens is 396 g/mol. The molecule has 2 heterocycles. The van der Waals surface area contributed by atoms with Crippen LogP contribution in [0.4, 0.5) is 5.82 Å². The van der Waals surface area contributed by atoms with Gasteiger partial charge in [-0.1, -0.05) is 42.4 Å². The van der Waals surface area contributed by atoms with E-state index >= 15 is 0 Å². The fourth-order valence-electron chi connectivity index (χ4n) is 4.24. The minimum Gasteiger partial charge on any atom is -0.480 e. The van der Waals surface area contributed by atoms with Crippen LogP contribution >= 0.6 is 0 Å². The molecule has 1 saturated heterocycles. The summed E-state index contributed by atoms with van der Waals surface area (Å²) in [6.07, 6.45) is 0. The first kappa shape index (κ1) is 19.9. The third kappa shape index (κ3) is 3.41. The second-order valence-corrected chi connectivity index (χ2v) is 9.31. The molecule has 2 N–H and O–H groups in total. The highest BCUT2D eigenvalue weighted by Gasteiger charge is 2.70. The molecule has 3 atom stereocenters. The van der Waals surface area contributed by atoms with Gasteiger partial charge >= 0.3 is 5.97 Å². The second-order valence-electron chi connectivity index (χ2n) is 7.64. The first-order valence-corrected chi connectivity index (χ1v) is 11.0. The zero-order valence-electron chi connectivity index (χ0n) is 16.3. The van der Waals surface area contributed by atoms with Crippen molar-refractivity contribution in [3.63, 3.8) is 0 Å². The van der Waals surface area contributed by atoms with Crippen LogP contribution in [0, 0.1) is 12.8 Å². The van der Waals surface area contributed by atoms with Crippen molar-refractivity contribution in [3.05, 3.63) is 47.7 Å². The molecule has 0 bridgehead atoms. The number of aliphatic carboxylic acids is 1. The van der Waals surface area contributed by atoms with Gasteiger partial charge in [0.1, 0.15) is 11.3 Å². The summed E-state index contributed by atoms with van der Waals surface area (Å²) in [5.74, 6) is -0.546. The molecule has 1 aromatic heterocycles. The van der Waals surface area contributed by atoms with Crippen molar-refractivity contribution in [2.45, 2.75) is 25.3 Å². The first-order valence-electron chi connectivity index (χ1n) is 9.51. The van der Waals surface area contributed by atoms with E-state index in [9.17, 15) is 18.3 Å². The van der Waals surface area contributed by atoms with Gasteiger partial charge in [0, 0.05) is 38.2 Å². The van der Waals surface area contributed by atoms with Crippen LogP contribution in [0.25, 0.3) is 0 Å². The lowest BCUT2D eigenvalue weighted by atomic mass is 10.1. The van der Waals surface area contributed by atoms with Crippen LogP contribution in [-0.2, 0) is 15.0 Å². The summed E-state index contributed by atoms with van der Waals surface area (Å²) in [5, 5.41) is 13.9. The second kappa shape index (κ2) is 7.12. The van der Waals surface area contributed by atoms with Crippen molar-refractivity contribution in [2.24, 2.45) is 5.92 Å². The van der Waals surface area contributed by atoms with Crippen LogP contribution < -0.4 is 9.62 Å². The Morgan fingerprint density at radius 1 is 1.24 bits per heavy atom. The standard InChI is InChI=1S/C19H24N4O5S/c1-13-12-16(20-28-13)22-8-10-23(11-9-22)29(26,27)21-19(18(24)25)14(2)17(19)15-6-4-3-5-7-15/h3-7,12,14,17,21H,8-11H2,1-2H3,(H,24,25)/t14?,17-,19+/m1/s1. The summed E-state index contributed by atoms with van der Waals surface area (Å²) in [4.78, 5) is 14.1. The number of anilines is 1. The predicted molar refractivity (Wildman–Crippen MR) is 106 cm³/mol. The molecule has 1 saturated carbocycles. The van der Waals surface area contributed by atoms with E-state index in [-0.39, 0.29) is 19.0 Å². The molecule has 1 unspecified atom stereocenters. The molecule has 10 heteroatoms. The van der Waals surface area contributed by atoms with E-state index in [1.807, 2.05) is 35.2 Å². The SMILES string of the molecule is Cc1cc(N2CCN(S(=O)(=O)N[C@@]3(C(=O)O)C(C)[C@@H]3c3ccccc3)CC2)no1. The number of aryl methyl sites for hydroxylation is 1. The van der Waals surface area contributed by atoms with Gasteiger partial charge in [0.25, 0.3) is 10.2 Å². The zero-order valence-corrected chi connectivity index (χ0v) is 17.1. The molecular formula is C19H24N4O5S. The maximum absolute atomic E-state index is 13.0. The number of carboxylic acid groups (broad SMARTS) is 1. The molecule has 4 rings (SSSR count). The quantitative estimate of drug-likeness (QED) is 0.721. The Bertz CT molecular complexity index is 1000. The number of piperazine rings is 1. The molecule has 2 fully saturated rings. The Balaban J connectivity index is 1.48. The molecule has 2 aromatic rings. The Morgan fingerprint density at radius 2 is 1.90 bits per heavy atom. The van der Waals surface area contributed by atoms with Crippen LogP contribution in [-0.4, -0.2) is 60.7 Å². The van der Waals surface area contributed by atoms with Crippen molar-refractivity contribution in [3.8, 4) is 0 Å². The Hall–Kier alpha value is -2.43. The largest absolute Gasteiger partial charge is 0.480 e. The number of hydrogen-bond donors (Lipinski definition) is 2. The van der Waals surface area contributed by atoms with Gasteiger partial charge in [0.15, 0.2) is 5.82 Å². The van der Waals surface area contributed by atoms with Gasteiger partial charge in [-0.2, -0.15) is 17.4 Å². The molecule has 2 aliphatic rings. The molecule has 1 aliphatic carbocycles. The third-order valence-electron chi connectivity index (χ3n) is 5.93. The molecule has 0 spiro atoms. The number of carboxylic acids is 1. The van der Waals surface area contributed by atoms with E-state index in [1.54, 1.807) is 19.9 Å². The van der Waals surface area contributed by atoms with E-state index in [0.29, 0.717) is 24.7 Å². The van der Waals surface area contributed by atoms with Crippen LogP contribution in [0.2, 0.25) is 0 Å². The third-order valence-corrected chi connectivity index (χ3v) is 7.57. The molecule has 0 radical (unpaired) electrons. The number of rotatable bonds is 6. The lowest BCUT2D eigenvalue weighted by Gasteiger charge is -2.34. The Kier molecular flexibility index (Phi) is 4.88. The smallest absolute Gasteiger partial charge is 0.325 e. The lowest BCUT2D eigenvalue weighted by Crippen LogP contribution is -2.56. The van der Waals surface area contributed by atoms with E-state index in [1.165, 1.54) is 4.31 Å². The van der Waals surface area contributed by atoms with Crippen LogP contribution in [0.3, 0.4) is 0 Å². The monoisotopic (exact) mass is 420 g/mol.